The van der Waals surface area contributed by atoms with Gasteiger partial charge in [-0.2, -0.15) is 26.3 Å². The number of rotatable bonds is 5. The Balaban J connectivity index is 5.41. The summed E-state index contributed by atoms with van der Waals surface area (Å²) in [4.78, 5) is 21.9. The minimum absolute atomic E-state index is 0.0542. The molecule has 0 aliphatic rings. The number of carboxylic acid groups (broad SMARTS) is 1. The molecule has 0 aliphatic carbocycles. The quantitative estimate of drug-likeness (QED) is 0.793. The predicted octanol–water partition coefficient (Wildman–Crippen LogP) is 2.30. The number of hydrogen-bond acceptors (Lipinski definition) is 2. The van der Waals surface area contributed by atoms with Gasteiger partial charge >= 0.3 is 18.3 Å². The predicted molar refractivity (Wildman–Crippen MR) is 54.7 cm³/mol. The Labute approximate surface area is 110 Å². The van der Waals surface area contributed by atoms with Gasteiger partial charge in [0.25, 0.3) is 0 Å². The van der Waals surface area contributed by atoms with Crippen molar-refractivity contribution in [2.75, 3.05) is 13.1 Å². The number of halogens is 6. The highest BCUT2D eigenvalue weighted by Gasteiger charge is 2.62. The van der Waals surface area contributed by atoms with Crippen LogP contribution in [-0.4, -0.2) is 47.3 Å². The average Bonchev–Trinajstić information content (AvgIpc) is 2.09. The lowest BCUT2D eigenvalue weighted by Gasteiger charge is -2.29. The van der Waals surface area contributed by atoms with Crippen molar-refractivity contribution in [1.82, 2.24) is 4.90 Å². The molecule has 0 radical (unpaired) electrons. The van der Waals surface area contributed by atoms with Crippen LogP contribution in [0.3, 0.4) is 0 Å². The van der Waals surface area contributed by atoms with E-state index in [1.54, 1.807) is 0 Å². The van der Waals surface area contributed by atoms with Crippen molar-refractivity contribution in [3.8, 4) is 0 Å². The first-order chi connectivity index (χ1) is 8.76. The van der Waals surface area contributed by atoms with Gasteiger partial charge in [0.05, 0.1) is 0 Å². The van der Waals surface area contributed by atoms with Crippen molar-refractivity contribution >= 4 is 11.9 Å². The van der Waals surface area contributed by atoms with Crippen molar-refractivity contribution in [1.29, 1.82) is 0 Å². The molecule has 10 heteroatoms. The van der Waals surface area contributed by atoms with Crippen LogP contribution in [-0.2, 0) is 9.59 Å². The van der Waals surface area contributed by atoms with Crippen molar-refractivity contribution < 1.29 is 41.0 Å². The molecule has 0 heterocycles. The third-order valence-electron chi connectivity index (χ3n) is 2.12. The van der Waals surface area contributed by atoms with Gasteiger partial charge < -0.3 is 10.0 Å². The summed E-state index contributed by atoms with van der Waals surface area (Å²) >= 11 is 0. The van der Waals surface area contributed by atoms with Crippen LogP contribution >= 0.6 is 0 Å². The smallest absolute Gasteiger partial charge is 0.409 e. The van der Waals surface area contributed by atoms with E-state index in [2.05, 4.69) is 0 Å². The van der Waals surface area contributed by atoms with Crippen LogP contribution in [0.2, 0.25) is 0 Å². The van der Waals surface area contributed by atoms with E-state index in [4.69, 9.17) is 5.11 Å². The van der Waals surface area contributed by atoms with E-state index in [1.165, 1.54) is 13.8 Å². The fourth-order valence-electron chi connectivity index (χ4n) is 1.48. The Morgan fingerprint density at radius 2 is 1.45 bits per heavy atom. The number of carbonyl (C=O) groups excluding carboxylic acids is 1. The van der Waals surface area contributed by atoms with E-state index in [-0.39, 0.29) is 4.90 Å². The van der Waals surface area contributed by atoms with Gasteiger partial charge in [0, 0.05) is 6.54 Å². The lowest BCUT2D eigenvalue weighted by Crippen LogP contribution is -2.51. The number of hydrogen-bond donors (Lipinski definition) is 1. The molecular formula is C10H13F6NO3. The first-order valence-electron chi connectivity index (χ1n) is 5.40. The number of nitrogens with zero attached hydrogens (tertiary/aromatic N) is 1. The second-order valence-electron chi connectivity index (χ2n) is 4.52. The molecule has 0 fully saturated rings. The Morgan fingerprint density at radius 3 is 1.70 bits per heavy atom. The molecule has 1 N–H and O–H groups in total. The molecule has 0 saturated heterocycles. The van der Waals surface area contributed by atoms with Crippen LogP contribution in [0.1, 0.15) is 13.8 Å². The fraction of sp³-hybridized carbons (Fsp3) is 0.800. The largest absolute Gasteiger partial charge is 0.480 e. The minimum atomic E-state index is -5.83. The average molecular weight is 309 g/mol. The third kappa shape index (κ3) is 5.66. The van der Waals surface area contributed by atoms with Crippen LogP contribution in [0.25, 0.3) is 0 Å². The molecule has 118 valence electrons. The van der Waals surface area contributed by atoms with Crippen molar-refractivity contribution in [2.24, 2.45) is 11.8 Å². The molecule has 0 bridgehead atoms. The van der Waals surface area contributed by atoms with E-state index < -0.39 is 49.2 Å². The Bertz CT molecular complexity index is 349. The normalized spacial score (nSPS) is 12.9. The van der Waals surface area contributed by atoms with E-state index in [9.17, 15) is 35.9 Å². The summed E-state index contributed by atoms with van der Waals surface area (Å²) < 4.78 is 74.3. The van der Waals surface area contributed by atoms with Gasteiger partial charge in [-0.3, -0.25) is 9.59 Å². The molecule has 20 heavy (non-hydrogen) atoms. The molecule has 0 atom stereocenters. The lowest BCUT2D eigenvalue weighted by atomic mass is 10.1. The van der Waals surface area contributed by atoms with Crippen LogP contribution in [0.15, 0.2) is 0 Å². The molecule has 0 aromatic rings. The summed E-state index contributed by atoms with van der Waals surface area (Å²) in [5, 5.41) is 8.48. The zero-order chi connectivity index (χ0) is 16.3. The summed E-state index contributed by atoms with van der Waals surface area (Å²) in [5.74, 6) is -8.70. The highest BCUT2D eigenvalue weighted by atomic mass is 19.4. The summed E-state index contributed by atoms with van der Waals surface area (Å²) in [6, 6.07) is 0. The molecule has 0 unspecified atom stereocenters. The Morgan fingerprint density at radius 1 is 1.05 bits per heavy atom. The lowest BCUT2D eigenvalue weighted by molar-refractivity contribution is -0.277. The number of amides is 1. The van der Waals surface area contributed by atoms with Crippen LogP contribution in [0, 0.1) is 11.8 Å². The van der Waals surface area contributed by atoms with Gasteiger partial charge in [-0.25, -0.2) is 0 Å². The zero-order valence-electron chi connectivity index (χ0n) is 10.5. The standard InChI is InChI=1S/C10H13F6NO3/c1-5(2)3-17(4-6(18)19)8(20)7(9(11,12)13)10(14,15)16/h5,7H,3-4H2,1-2H3,(H,18,19). The number of carbonyl (C=O) groups is 2. The molecule has 0 saturated carbocycles. The zero-order valence-corrected chi connectivity index (χ0v) is 10.5. The van der Waals surface area contributed by atoms with Gasteiger partial charge in [0.1, 0.15) is 6.54 Å². The summed E-state index contributed by atoms with van der Waals surface area (Å²) in [6.07, 6.45) is -11.7. The van der Waals surface area contributed by atoms with Crippen LogP contribution in [0.5, 0.6) is 0 Å². The molecule has 1 amide bonds. The second-order valence-corrected chi connectivity index (χ2v) is 4.52. The molecule has 0 spiro atoms. The SMILES string of the molecule is CC(C)CN(CC(=O)O)C(=O)C(C(F)(F)F)C(F)(F)F. The minimum Gasteiger partial charge on any atom is -0.480 e. The fourth-order valence-corrected chi connectivity index (χ4v) is 1.48. The summed E-state index contributed by atoms with van der Waals surface area (Å²) in [7, 11) is 0. The first kappa shape index (κ1) is 18.5. The molecule has 0 aromatic carbocycles. The van der Waals surface area contributed by atoms with Crippen molar-refractivity contribution in [3.05, 3.63) is 0 Å². The molecule has 0 aromatic heterocycles. The molecular weight excluding hydrogens is 296 g/mol. The molecule has 0 aliphatic heterocycles. The van der Waals surface area contributed by atoms with Gasteiger partial charge in [-0.15, -0.1) is 0 Å². The van der Waals surface area contributed by atoms with E-state index in [1.807, 2.05) is 0 Å². The van der Waals surface area contributed by atoms with E-state index in [0.717, 1.165) is 0 Å². The van der Waals surface area contributed by atoms with Gasteiger partial charge in [0.2, 0.25) is 11.8 Å². The molecule has 0 rings (SSSR count). The second kappa shape index (κ2) is 6.31. The summed E-state index contributed by atoms with van der Waals surface area (Å²) in [5.41, 5.74) is 0. The van der Waals surface area contributed by atoms with Crippen molar-refractivity contribution in [2.45, 2.75) is 26.2 Å². The Kier molecular flexibility index (Phi) is 5.85. The van der Waals surface area contributed by atoms with Crippen LogP contribution in [0.4, 0.5) is 26.3 Å². The topological polar surface area (TPSA) is 57.6 Å². The maximum atomic E-state index is 12.4. The number of aliphatic carboxylic acids is 1. The van der Waals surface area contributed by atoms with Gasteiger partial charge in [-0.05, 0) is 5.92 Å². The van der Waals surface area contributed by atoms with Gasteiger partial charge in [-0.1, -0.05) is 13.8 Å². The highest BCUT2D eigenvalue weighted by molar-refractivity contribution is 5.84. The van der Waals surface area contributed by atoms with Crippen LogP contribution < -0.4 is 0 Å². The summed E-state index contributed by atoms with van der Waals surface area (Å²) in [6.45, 7) is 1.12. The number of carboxylic acids is 1. The monoisotopic (exact) mass is 309 g/mol. The first-order valence-corrected chi connectivity index (χ1v) is 5.40. The third-order valence-corrected chi connectivity index (χ3v) is 2.12. The maximum Gasteiger partial charge on any atom is 0.409 e. The van der Waals surface area contributed by atoms with Gasteiger partial charge in [0.15, 0.2) is 0 Å². The number of alkyl halides is 6. The highest BCUT2D eigenvalue weighted by Crippen LogP contribution is 2.40. The Hall–Kier alpha value is -1.48. The maximum absolute atomic E-state index is 12.4. The van der Waals surface area contributed by atoms with E-state index in [0.29, 0.717) is 0 Å². The van der Waals surface area contributed by atoms with Crippen molar-refractivity contribution in [3.63, 3.8) is 0 Å². The van der Waals surface area contributed by atoms with E-state index >= 15 is 0 Å². The molecule has 4 nitrogen and oxygen atoms in total.